The minimum absolute atomic E-state index is 0.157. The lowest BCUT2D eigenvalue weighted by molar-refractivity contribution is 0.166. The molecule has 2 atom stereocenters. The number of thioether (sulfide) groups is 2. The Morgan fingerprint density at radius 3 is 2.63 bits per heavy atom. The first kappa shape index (κ1) is 17.2. The molecule has 7 heteroatoms. The van der Waals surface area contributed by atoms with Crippen molar-refractivity contribution in [2.24, 2.45) is 0 Å². The van der Waals surface area contributed by atoms with Crippen molar-refractivity contribution in [3.8, 4) is 0 Å². The van der Waals surface area contributed by atoms with E-state index in [0.717, 1.165) is 28.1 Å². The van der Waals surface area contributed by atoms with E-state index in [1.807, 2.05) is 6.26 Å². The maximum Gasteiger partial charge on any atom is 0.175 e. The molecule has 0 fully saturated rings. The SMILES string of the molecule is CCCNC(C)(CO)CC(C)Sc1nnc(SC)s1. The van der Waals surface area contributed by atoms with Gasteiger partial charge in [-0.3, -0.25) is 0 Å². The van der Waals surface area contributed by atoms with Gasteiger partial charge in [0.05, 0.1) is 6.61 Å². The van der Waals surface area contributed by atoms with E-state index < -0.39 is 0 Å². The van der Waals surface area contributed by atoms with Gasteiger partial charge in [0, 0.05) is 10.8 Å². The topological polar surface area (TPSA) is 58.0 Å². The molecule has 0 aliphatic heterocycles. The van der Waals surface area contributed by atoms with Crippen molar-refractivity contribution in [3.05, 3.63) is 0 Å². The molecule has 0 saturated heterocycles. The van der Waals surface area contributed by atoms with Gasteiger partial charge in [0.1, 0.15) is 0 Å². The van der Waals surface area contributed by atoms with Gasteiger partial charge in [-0.25, -0.2) is 0 Å². The summed E-state index contributed by atoms with van der Waals surface area (Å²) in [6, 6.07) is 0. The summed E-state index contributed by atoms with van der Waals surface area (Å²) in [6.07, 6.45) is 3.99. The maximum atomic E-state index is 9.57. The minimum Gasteiger partial charge on any atom is -0.394 e. The van der Waals surface area contributed by atoms with E-state index in [1.54, 1.807) is 34.9 Å². The third-order valence-electron chi connectivity index (χ3n) is 2.75. The predicted molar refractivity (Wildman–Crippen MR) is 85.4 cm³/mol. The molecule has 0 bridgehead atoms. The van der Waals surface area contributed by atoms with Gasteiger partial charge in [-0.1, -0.05) is 48.7 Å². The van der Waals surface area contributed by atoms with Crippen LogP contribution in [-0.4, -0.2) is 45.5 Å². The van der Waals surface area contributed by atoms with Crippen LogP contribution in [0.15, 0.2) is 8.68 Å². The number of aliphatic hydroxyl groups excluding tert-OH is 1. The van der Waals surface area contributed by atoms with Crippen LogP contribution in [0.1, 0.15) is 33.6 Å². The molecule has 0 saturated carbocycles. The molecule has 0 aliphatic rings. The van der Waals surface area contributed by atoms with Crippen LogP contribution >= 0.6 is 34.9 Å². The zero-order valence-corrected chi connectivity index (χ0v) is 14.4. The van der Waals surface area contributed by atoms with Crippen LogP contribution < -0.4 is 5.32 Å². The van der Waals surface area contributed by atoms with Crippen LogP contribution in [0.25, 0.3) is 0 Å². The lowest BCUT2D eigenvalue weighted by Gasteiger charge is -2.31. The summed E-state index contributed by atoms with van der Waals surface area (Å²) < 4.78 is 2.01. The van der Waals surface area contributed by atoms with Crippen LogP contribution in [0.4, 0.5) is 0 Å². The molecule has 0 spiro atoms. The molecule has 0 amide bonds. The average Bonchev–Trinajstić information content (AvgIpc) is 2.83. The van der Waals surface area contributed by atoms with Crippen LogP contribution in [0.3, 0.4) is 0 Å². The van der Waals surface area contributed by atoms with Gasteiger partial charge >= 0.3 is 0 Å². The van der Waals surface area contributed by atoms with Crippen molar-refractivity contribution in [1.82, 2.24) is 15.5 Å². The van der Waals surface area contributed by atoms with E-state index in [4.69, 9.17) is 0 Å². The highest BCUT2D eigenvalue weighted by Crippen LogP contribution is 2.33. The number of nitrogens with zero attached hydrogens (tertiary/aromatic N) is 2. The molecule has 2 N–H and O–H groups in total. The summed E-state index contributed by atoms with van der Waals surface area (Å²) >= 11 is 4.99. The number of nitrogens with one attached hydrogen (secondary N) is 1. The van der Waals surface area contributed by atoms with Crippen molar-refractivity contribution >= 4 is 34.9 Å². The quantitative estimate of drug-likeness (QED) is 0.682. The first-order chi connectivity index (χ1) is 9.03. The zero-order valence-electron chi connectivity index (χ0n) is 12.0. The molecule has 19 heavy (non-hydrogen) atoms. The van der Waals surface area contributed by atoms with Gasteiger partial charge in [-0.2, -0.15) is 0 Å². The molecule has 0 radical (unpaired) electrons. The first-order valence-corrected chi connectivity index (χ1v) is 9.35. The summed E-state index contributed by atoms with van der Waals surface area (Å²) in [6.45, 7) is 7.47. The Morgan fingerprint density at radius 1 is 1.42 bits per heavy atom. The Balaban J connectivity index is 2.50. The van der Waals surface area contributed by atoms with E-state index >= 15 is 0 Å². The van der Waals surface area contributed by atoms with E-state index in [-0.39, 0.29) is 12.1 Å². The van der Waals surface area contributed by atoms with Crippen molar-refractivity contribution in [3.63, 3.8) is 0 Å². The maximum absolute atomic E-state index is 9.57. The molecule has 0 aromatic carbocycles. The smallest absolute Gasteiger partial charge is 0.175 e. The number of rotatable bonds is 9. The van der Waals surface area contributed by atoms with E-state index in [9.17, 15) is 5.11 Å². The highest BCUT2D eigenvalue weighted by atomic mass is 32.2. The molecule has 1 aromatic rings. The normalized spacial score (nSPS) is 16.3. The van der Waals surface area contributed by atoms with Crippen molar-refractivity contribution < 1.29 is 5.11 Å². The number of aliphatic hydroxyl groups is 1. The van der Waals surface area contributed by atoms with E-state index in [1.165, 1.54) is 0 Å². The second-order valence-electron chi connectivity index (χ2n) is 4.82. The van der Waals surface area contributed by atoms with E-state index in [0.29, 0.717) is 5.25 Å². The predicted octanol–water partition coefficient (Wildman–Crippen LogP) is 2.88. The Kier molecular flexibility index (Phi) is 7.68. The largest absolute Gasteiger partial charge is 0.394 e. The third kappa shape index (κ3) is 5.99. The number of hydrogen-bond acceptors (Lipinski definition) is 7. The Labute approximate surface area is 128 Å². The van der Waals surface area contributed by atoms with Crippen molar-refractivity contribution in [2.75, 3.05) is 19.4 Å². The molecule has 0 aliphatic carbocycles. The van der Waals surface area contributed by atoms with Crippen molar-refractivity contribution in [1.29, 1.82) is 0 Å². The van der Waals surface area contributed by atoms with Gasteiger partial charge in [0.25, 0.3) is 0 Å². The molecular weight excluding hydrogens is 298 g/mol. The van der Waals surface area contributed by atoms with Gasteiger partial charge in [-0.05, 0) is 32.6 Å². The highest BCUT2D eigenvalue weighted by Gasteiger charge is 2.26. The van der Waals surface area contributed by atoms with Crippen LogP contribution in [-0.2, 0) is 0 Å². The Hall–Kier alpha value is 0.180. The van der Waals surface area contributed by atoms with Gasteiger partial charge < -0.3 is 10.4 Å². The summed E-state index contributed by atoms with van der Waals surface area (Å²) in [5.74, 6) is 0. The lowest BCUT2D eigenvalue weighted by Crippen LogP contribution is -2.47. The molecule has 2 unspecified atom stereocenters. The van der Waals surface area contributed by atoms with Gasteiger partial charge in [0.2, 0.25) is 0 Å². The molecule has 1 aromatic heterocycles. The van der Waals surface area contributed by atoms with Crippen molar-refractivity contribution in [2.45, 2.75) is 53.1 Å². The van der Waals surface area contributed by atoms with Gasteiger partial charge in [0.15, 0.2) is 8.68 Å². The number of hydrogen-bond donors (Lipinski definition) is 2. The Bertz CT molecular complexity index is 375. The molecule has 1 heterocycles. The standard InChI is InChI=1S/C12H23N3OS3/c1-5-6-13-12(3,8-16)7-9(2)18-11-15-14-10(17-4)19-11/h9,13,16H,5-8H2,1-4H3. The van der Waals surface area contributed by atoms with Crippen LogP contribution in [0, 0.1) is 0 Å². The molecule has 1 rings (SSSR count). The van der Waals surface area contributed by atoms with Crippen LogP contribution in [0.5, 0.6) is 0 Å². The van der Waals surface area contributed by atoms with E-state index in [2.05, 4.69) is 36.3 Å². The fourth-order valence-electron chi connectivity index (χ4n) is 1.79. The molecular formula is C12H23N3OS3. The number of aromatic nitrogens is 2. The summed E-state index contributed by atoms with van der Waals surface area (Å²) in [5, 5.41) is 21.7. The summed E-state index contributed by atoms with van der Waals surface area (Å²) in [7, 11) is 0. The summed E-state index contributed by atoms with van der Waals surface area (Å²) in [5.41, 5.74) is -0.213. The second kappa shape index (κ2) is 8.46. The van der Waals surface area contributed by atoms with Crippen LogP contribution in [0.2, 0.25) is 0 Å². The molecule has 110 valence electrons. The minimum atomic E-state index is -0.213. The summed E-state index contributed by atoms with van der Waals surface area (Å²) in [4.78, 5) is 0. The Morgan fingerprint density at radius 2 is 2.11 bits per heavy atom. The second-order valence-corrected chi connectivity index (χ2v) is 8.53. The fourth-order valence-corrected chi connectivity index (χ4v) is 4.76. The van der Waals surface area contributed by atoms with Gasteiger partial charge in [-0.15, -0.1) is 10.2 Å². The average molecular weight is 322 g/mol. The first-order valence-electron chi connectivity index (χ1n) is 6.43. The monoisotopic (exact) mass is 321 g/mol. The fraction of sp³-hybridized carbons (Fsp3) is 0.833. The third-order valence-corrected chi connectivity index (χ3v) is 5.84. The highest BCUT2D eigenvalue weighted by molar-refractivity contribution is 8.03. The lowest BCUT2D eigenvalue weighted by atomic mass is 9.97. The molecule has 4 nitrogen and oxygen atoms in total. The zero-order chi connectivity index (χ0) is 14.3.